The molecule has 2 rings (SSSR count). The third-order valence-corrected chi connectivity index (χ3v) is 6.06. The predicted octanol–water partition coefficient (Wildman–Crippen LogP) is 3.02. The van der Waals surface area contributed by atoms with Crippen LogP contribution in [0.4, 0.5) is 0 Å². The number of benzene rings is 1. The van der Waals surface area contributed by atoms with Gasteiger partial charge in [-0.3, -0.25) is 0 Å². The maximum absolute atomic E-state index is 12.5. The van der Waals surface area contributed by atoms with Crippen molar-refractivity contribution >= 4 is 21.6 Å². The Kier molecular flexibility index (Phi) is 4.69. The molecule has 1 heterocycles. The van der Waals surface area contributed by atoms with Gasteiger partial charge in [-0.2, -0.15) is 9.57 Å². The van der Waals surface area contributed by atoms with Gasteiger partial charge in [0.15, 0.2) is 0 Å². The minimum atomic E-state index is -3.50. The van der Waals surface area contributed by atoms with Crippen LogP contribution in [0.1, 0.15) is 31.7 Å². The van der Waals surface area contributed by atoms with Gasteiger partial charge in [0.05, 0.1) is 15.5 Å². The first kappa shape index (κ1) is 15.3. The molecule has 0 atom stereocenters. The van der Waals surface area contributed by atoms with Crippen molar-refractivity contribution in [2.75, 3.05) is 13.1 Å². The molecular formula is C14H17ClN2O2S. The first-order valence-corrected chi connectivity index (χ1v) is 8.50. The van der Waals surface area contributed by atoms with Crippen LogP contribution in [0, 0.1) is 17.2 Å². The van der Waals surface area contributed by atoms with Gasteiger partial charge in [-0.05, 0) is 37.0 Å². The minimum absolute atomic E-state index is 0.163. The molecule has 0 N–H and O–H groups in total. The van der Waals surface area contributed by atoms with E-state index in [1.54, 1.807) is 0 Å². The van der Waals surface area contributed by atoms with Gasteiger partial charge >= 0.3 is 0 Å². The lowest BCUT2D eigenvalue weighted by atomic mass is 9.96. The SMILES string of the molecule is CCC1CCN(S(=O)(=O)c2ccc(C#N)c(Cl)c2)CC1. The van der Waals surface area contributed by atoms with Gasteiger partial charge in [0, 0.05) is 13.1 Å². The molecule has 0 bridgehead atoms. The van der Waals surface area contributed by atoms with Gasteiger partial charge in [-0.1, -0.05) is 24.9 Å². The molecule has 108 valence electrons. The van der Waals surface area contributed by atoms with Gasteiger partial charge in [0.1, 0.15) is 6.07 Å². The number of sulfonamides is 1. The minimum Gasteiger partial charge on any atom is -0.207 e. The fraction of sp³-hybridized carbons (Fsp3) is 0.500. The van der Waals surface area contributed by atoms with Gasteiger partial charge in [0.25, 0.3) is 0 Å². The maximum Gasteiger partial charge on any atom is 0.243 e. The van der Waals surface area contributed by atoms with Gasteiger partial charge < -0.3 is 0 Å². The van der Waals surface area contributed by atoms with Crippen LogP contribution in [0.5, 0.6) is 0 Å². The van der Waals surface area contributed by atoms with Crippen molar-refractivity contribution < 1.29 is 8.42 Å². The number of nitriles is 1. The highest BCUT2D eigenvalue weighted by Gasteiger charge is 2.29. The Morgan fingerprint density at radius 1 is 1.40 bits per heavy atom. The third kappa shape index (κ3) is 2.98. The topological polar surface area (TPSA) is 61.2 Å². The third-order valence-electron chi connectivity index (χ3n) is 3.85. The number of hydrogen-bond donors (Lipinski definition) is 0. The Labute approximate surface area is 125 Å². The zero-order chi connectivity index (χ0) is 14.8. The van der Waals surface area contributed by atoms with Crippen molar-refractivity contribution in [3.63, 3.8) is 0 Å². The number of hydrogen-bond acceptors (Lipinski definition) is 3. The average molecular weight is 313 g/mol. The highest BCUT2D eigenvalue weighted by molar-refractivity contribution is 7.89. The quantitative estimate of drug-likeness (QED) is 0.862. The number of halogens is 1. The molecule has 20 heavy (non-hydrogen) atoms. The summed E-state index contributed by atoms with van der Waals surface area (Å²) in [5.74, 6) is 0.617. The van der Waals surface area contributed by atoms with Crippen LogP contribution in [0.15, 0.2) is 23.1 Å². The van der Waals surface area contributed by atoms with E-state index in [2.05, 4.69) is 6.92 Å². The number of piperidine rings is 1. The normalized spacial score (nSPS) is 17.9. The Morgan fingerprint density at radius 3 is 2.55 bits per heavy atom. The van der Waals surface area contributed by atoms with Gasteiger partial charge in [-0.15, -0.1) is 0 Å². The second-order valence-electron chi connectivity index (χ2n) is 5.01. The van der Waals surface area contributed by atoms with Crippen molar-refractivity contribution in [2.45, 2.75) is 31.1 Å². The molecule has 1 aromatic rings. The van der Waals surface area contributed by atoms with Gasteiger partial charge in [0.2, 0.25) is 10.0 Å². The summed E-state index contributed by atoms with van der Waals surface area (Å²) in [6.07, 6.45) is 2.90. The molecule has 0 radical (unpaired) electrons. The molecule has 0 aromatic heterocycles. The van der Waals surface area contributed by atoms with Crippen molar-refractivity contribution in [1.82, 2.24) is 4.31 Å². The van der Waals surface area contributed by atoms with E-state index in [0.29, 0.717) is 19.0 Å². The van der Waals surface area contributed by atoms with E-state index >= 15 is 0 Å². The maximum atomic E-state index is 12.5. The van der Waals surface area contributed by atoms with E-state index in [4.69, 9.17) is 16.9 Å². The van der Waals surface area contributed by atoms with E-state index in [-0.39, 0.29) is 15.5 Å². The molecule has 1 fully saturated rings. The first-order chi connectivity index (χ1) is 9.48. The average Bonchev–Trinajstić information content (AvgIpc) is 2.47. The zero-order valence-electron chi connectivity index (χ0n) is 11.3. The van der Waals surface area contributed by atoms with E-state index in [1.165, 1.54) is 22.5 Å². The lowest BCUT2D eigenvalue weighted by Crippen LogP contribution is -2.38. The molecule has 0 saturated carbocycles. The molecule has 6 heteroatoms. The van der Waals surface area contributed by atoms with Crippen LogP contribution < -0.4 is 0 Å². The van der Waals surface area contributed by atoms with Crippen molar-refractivity contribution in [2.24, 2.45) is 5.92 Å². The lowest BCUT2D eigenvalue weighted by Gasteiger charge is -2.30. The zero-order valence-corrected chi connectivity index (χ0v) is 12.9. The summed E-state index contributed by atoms with van der Waals surface area (Å²) in [6, 6.07) is 6.19. The molecule has 0 aliphatic carbocycles. The molecule has 0 unspecified atom stereocenters. The van der Waals surface area contributed by atoms with E-state index in [0.717, 1.165) is 19.3 Å². The van der Waals surface area contributed by atoms with Crippen LogP contribution in [-0.2, 0) is 10.0 Å². The smallest absolute Gasteiger partial charge is 0.207 e. The standard InChI is InChI=1S/C14H17ClN2O2S/c1-2-11-5-7-17(8-6-11)20(18,19)13-4-3-12(10-16)14(15)9-13/h3-4,9,11H,2,5-8H2,1H3. The van der Waals surface area contributed by atoms with Crippen molar-refractivity contribution in [1.29, 1.82) is 5.26 Å². The number of nitrogens with zero attached hydrogens (tertiary/aromatic N) is 2. The summed E-state index contributed by atoms with van der Waals surface area (Å²) in [5.41, 5.74) is 0.287. The summed E-state index contributed by atoms with van der Waals surface area (Å²) in [7, 11) is -3.50. The molecule has 4 nitrogen and oxygen atoms in total. The monoisotopic (exact) mass is 312 g/mol. The molecule has 1 aliphatic heterocycles. The second kappa shape index (κ2) is 6.13. The van der Waals surface area contributed by atoms with Crippen LogP contribution in [0.2, 0.25) is 5.02 Å². The Hall–Kier alpha value is -1.09. The van der Waals surface area contributed by atoms with Crippen molar-refractivity contribution in [3.8, 4) is 6.07 Å². The van der Waals surface area contributed by atoms with E-state index in [1.807, 2.05) is 6.07 Å². The number of rotatable bonds is 3. The Balaban J connectivity index is 2.23. The Bertz CT molecular complexity index is 629. The largest absolute Gasteiger partial charge is 0.243 e. The van der Waals surface area contributed by atoms with Gasteiger partial charge in [-0.25, -0.2) is 8.42 Å². The molecule has 0 spiro atoms. The molecule has 1 aliphatic rings. The lowest BCUT2D eigenvalue weighted by molar-refractivity contribution is 0.269. The first-order valence-electron chi connectivity index (χ1n) is 6.68. The predicted molar refractivity (Wildman–Crippen MR) is 77.9 cm³/mol. The van der Waals surface area contributed by atoms with Crippen LogP contribution >= 0.6 is 11.6 Å². The summed E-state index contributed by atoms with van der Waals surface area (Å²) in [4.78, 5) is 0.163. The van der Waals surface area contributed by atoms with E-state index in [9.17, 15) is 8.42 Å². The van der Waals surface area contributed by atoms with Crippen LogP contribution in [0.3, 0.4) is 0 Å². The summed E-state index contributed by atoms with van der Waals surface area (Å²) in [6.45, 7) is 3.24. The van der Waals surface area contributed by atoms with E-state index < -0.39 is 10.0 Å². The fourth-order valence-electron chi connectivity index (χ4n) is 2.45. The Morgan fingerprint density at radius 2 is 2.05 bits per heavy atom. The second-order valence-corrected chi connectivity index (χ2v) is 7.35. The summed E-state index contributed by atoms with van der Waals surface area (Å²) >= 11 is 5.91. The highest BCUT2D eigenvalue weighted by Crippen LogP contribution is 2.27. The summed E-state index contributed by atoms with van der Waals surface area (Å²) in [5, 5.41) is 9.00. The fourth-order valence-corrected chi connectivity index (χ4v) is 4.24. The van der Waals surface area contributed by atoms with Crippen molar-refractivity contribution in [3.05, 3.63) is 28.8 Å². The molecule has 0 amide bonds. The van der Waals surface area contributed by atoms with Crippen LogP contribution in [0.25, 0.3) is 0 Å². The molecule has 1 saturated heterocycles. The highest BCUT2D eigenvalue weighted by atomic mass is 35.5. The molecular weight excluding hydrogens is 296 g/mol. The summed E-state index contributed by atoms with van der Waals surface area (Å²) < 4.78 is 26.5. The van der Waals surface area contributed by atoms with Crippen LogP contribution in [-0.4, -0.2) is 25.8 Å². The molecule has 1 aromatic carbocycles.